The number of nitrogens with zero attached hydrogens (tertiary/aromatic N) is 1. The van der Waals surface area contributed by atoms with Crippen LogP contribution in [0.15, 0.2) is 100 Å². The van der Waals surface area contributed by atoms with Crippen LogP contribution in [0.25, 0.3) is 10.9 Å². The topological polar surface area (TPSA) is 208 Å². The van der Waals surface area contributed by atoms with Crippen molar-refractivity contribution >= 4 is 66.2 Å². The van der Waals surface area contributed by atoms with Gasteiger partial charge in [-0.2, -0.15) is 21.6 Å². The molecule has 4 aromatic carbocycles. The number of carbonyl (C=O) groups excluding carboxylic acids is 4. The average molecular weight is 977 g/mol. The average Bonchev–Trinajstić information content (AvgIpc) is 4.04. The molecule has 1 spiro atoms. The van der Waals surface area contributed by atoms with E-state index in [0.717, 1.165) is 17.8 Å². The predicted molar refractivity (Wildman–Crippen MR) is 229 cm³/mol. The summed E-state index contributed by atoms with van der Waals surface area (Å²) in [6, 6.07) is 22.7. The lowest BCUT2D eigenvalue weighted by Gasteiger charge is -2.28. The van der Waals surface area contributed by atoms with Crippen LogP contribution in [0.2, 0.25) is 0 Å². The van der Waals surface area contributed by atoms with E-state index in [2.05, 4.69) is 41.0 Å². The number of para-hydroxylation sites is 2. The molecule has 336 valence electrons. The van der Waals surface area contributed by atoms with Gasteiger partial charge < -0.3 is 39.0 Å². The molecule has 5 heterocycles. The fourth-order valence-electron chi connectivity index (χ4n) is 8.54. The molecule has 2 aromatic heterocycles. The molecule has 4 N–H and O–H groups in total. The first-order valence-electron chi connectivity index (χ1n) is 20.2. The lowest BCUT2D eigenvalue weighted by Crippen LogP contribution is -2.41. The van der Waals surface area contributed by atoms with Crippen molar-refractivity contribution in [2.45, 2.75) is 56.5 Å². The van der Waals surface area contributed by atoms with Crippen molar-refractivity contribution in [3.05, 3.63) is 141 Å². The smallest absolute Gasteiger partial charge is 0.469 e. The number of alkyl halides is 3. The van der Waals surface area contributed by atoms with E-state index in [1.807, 2.05) is 68.4 Å². The van der Waals surface area contributed by atoms with Gasteiger partial charge in [-0.15, -0.1) is 0 Å². The maximum atomic E-state index is 14.6. The van der Waals surface area contributed by atoms with Gasteiger partial charge in [0.25, 0.3) is 5.91 Å². The quantitative estimate of drug-likeness (QED) is 0.0435. The minimum atomic E-state index is -6.03. The zero-order chi connectivity index (χ0) is 46.0. The van der Waals surface area contributed by atoms with Crippen LogP contribution >= 0.6 is 15.9 Å². The molecule has 0 aliphatic carbocycles. The van der Waals surface area contributed by atoms with Crippen LogP contribution in [0.3, 0.4) is 0 Å². The van der Waals surface area contributed by atoms with Gasteiger partial charge in [0.1, 0.15) is 23.8 Å². The SMILES string of the molecule is CC(C)[C@@H]1NC(=O)C(CC(=O)OCc2ccccc2)Cc2ccc3c(c2)C2(c4cccc(Br)c4N[C@H]2O3)c2oc1nc2C(=O)NCC(=O)c1c[nH]c2c(OS(=O)(=O)C(F)(F)F)cccc12. The molecule has 4 bridgehead atoms. The molecule has 20 heteroatoms. The van der Waals surface area contributed by atoms with Gasteiger partial charge in [-0.1, -0.05) is 80.6 Å². The number of ketones is 1. The van der Waals surface area contributed by atoms with Crippen LogP contribution in [-0.2, 0) is 42.9 Å². The summed E-state index contributed by atoms with van der Waals surface area (Å²) in [6.07, 6.45) is 0.147. The van der Waals surface area contributed by atoms with Gasteiger partial charge in [0.15, 0.2) is 29.2 Å². The van der Waals surface area contributed by atoms with E-state index in [4.69, 9.17) is 18.9 Å². The van der Waals surface area contributed by atoms with Crippen LogP contribution < -0.4 is 24.9 Å². The molecule has 3 aliphatic rings. The van der Waals surface area contributed by atoms with Gasteiger partial charge in [-0.3, -0.25) is 19.2 Å². The van der Waals surface area contributed by atoms with Crippen molar-refractivity contribution in [2.24, 2.45) is 11.8 Å². The third-order valence-corrected chi connectivity index (χ3v) is 13.3. The van der Waals surface area contributed by atoms with Gasteiger partial charge in [0, 0.05) is 32.7 Å². The van der Waals surface area contributed by atoms with Gasteiger partial charge in [-0.05, 0) is 57.6 Å². The van der Waals surface area contributed by atoms with E-state index < -0.39 is 75.1 Å². The number of esters is 1. The first kappa shape index (κ1) is 43.6. The van der Waals surface area contributed by atoms with Gasteiger partial charge in [0.2, 0.25) is 11.8 Å². The summed E-state index contributed by atoms with van der Waals surface area (Å²) >= 11 is 3.64. The normalized spacial score (nSPS) is 19.8. The van der Waals surface area contributed by atoms with E-state index in [-0.39, 0.29) is 59.2 Å². The highest BCUT2D eigenvalue weighted by Gasteiger charge is 2.61. The number of ether oxygens (including phenoxy) is 2. The van der Waals surface area contributed by atoms with E-state index in [9.17, 15) is 40.8 Å². The summed E-state index contributed by atoms with van der Waals surface area (Å²) in [4.78, 5) is 63.3. The van der Waals surface area contributed by atoms with Crippen LogP contribution in [0.4, 0.5) is 18.9 Å². The number of rotatable bonds is 11. The molecule has 0 saturated carbocycles. The highest BCUT2D eigenvalue weighted by Crippen LogP contribution is 2.59. The fraction of sp³-hybridized carbons (Fsp3) is 0.267. The molecule has 65 heavy (non-hydrogen) atoms. The summed E-state index contributed by atoms with van der Waals surface area (Å²) in [7, 11) is -6.03. The molecule has 4 atom stereocenters. The number of aromatic nitrogens is 2. The number of amides is 2. The van der Waals surface area contributed by atoms with E-state index in [0.29, 0.717) is 32.6 Å². The maximum Gasteiger partial charge on any atom is 0.534 e. The Morgan fingerprint density at radius 3 is 2.52 bits per heavy atom. The number of halogens is 4. The third-order valence-electron chi connectivity index (χ3n) is 11.6. The van der Waals surface area contributed by atoms with Gasteiger partial charge in [-0.25, -0.2) is 4.98 Å². The van der Waals surface area contributed by atoms with Crippen molar-refractivity contribution in [1.29, 1.82) is 0 Å². The monoisotopic (exact) mass is 975 g/mol. The lowest BCUT2D eigenvalue weighted by molar-refractivity contribution is -0.148. The number of nitrogens with one attached hydrogen (secondary N) is 4. The zero-order valence-corrected chi connectivity index (χ0v) is 36.7. The second-order valence-corrected chi connectivity index (χ2v) is 18.5. The first-order valence-corrected chi connectivity index (χ1v) is 22.4. The number of hydrogen-bond acceptors (Lipinski definition) is 12. The number of benzene rings is 4. The van der Waals surface area contributed by atoms with E-state index >= 15 is 0 Å². The summed E-state index contributed by atoms with van der Waals surface area (Å²) < 4.78 is 87.0. The minimum absolute atomic E-state index is 0.0235. The summed E-state index contributed by atoms with van der Waals surface area (Å²) in [5, 5.41) is 9.10. The molecular weight excluding hydrogens is 939 g/mol. The standard InChI is InChI=1S/C45H37BrF3N5O10S/c1-22(2)35-42-53-38(41(58)51-20-31(55)27-19-50-36-26(27)10-6-13-33(36)64-65(59,60)45(47,48)49)39(63-42)44-28-11-7-12-30(46)37(28)54-43(44)62-32-15-14-24(17-29(32)44)16-25(40(57)52-35)18-34(56)61-21-23-8-4-3-5-9-23/h3-15,17,19,22,25,35,43,50,54H,16,18,20-21H2,1-2H3,(H,51,58)(H,52,57)/t25?,35-,43-,44?/m0/s1. The Kier molecular flexibility index (Phi) is 11.0. The predicted octanol–water partition coefficient (Wildman–Crippen LogP) is 7.36. The fourth-order valence-corrected chi connectivity index (χ4v) is 9.49. The minimum Gasteiger partial charge on any atom is -0.469 e. The van der Waals surface area contributed by atoms with Gasteiger partial charge in [0.05, 0.1) is 30.1 Å². The third kappa shape index (κ3) is 7.66. The van der Waals surface area contributed by atoms with Crippen LogP contribution in [0.1, 0.15) is 81.1 Å². The van der Waals surface area contributed by atoms with Crippen molar-refractivity contribution in [3.63, 3.8) is 0 Å². The number of Topliss-reactive ketones (excluding diaryl/α,β-unsaturated/α-hetero) is 1. The highest BCUT2D eigenvalue weighted by molar-refractivity contribution is 9.10. The molecule has 0 saturated heterocycles. The molecule has 3 aliphatic heterocycles. The number of fused-ring (bicyclic) bond motifs is 5. The Morgan fingerprint density at radius 1 is 1.00 bits per heavy atom. The van der Waals surface area contributed by atoms with E-state index in [1.165, 1.54) is 12.1 Å². The molecule has 6 aromatic rings. The summed E-state index contributed by atoms with van der Waals surface area (Å²) in [5.74, 6) is -4.14. The Balaban J connectivity index is 1.09. The number of aromatic amines is 1. The second kappa shape index (κ2) is 16.4. The summed E-state index contributed by atoms with van der Waals surface area (Å²) in [5.41, 5.74) is -4.26. The zero-order valence-electron chi connectivity index (χ0n) is 34.2. The Bertz CT molecular complexity index is 3030. The molecule has 9 rings (SSSR count). The Labute approximate surface area is 376 Å². The van der Waals surface area contributed by atoms with Crippen molar-refractivity contribution in [3.8, 4) is 11.5 Å². The number of H-pyrrole nitrogens is 1. The van der Waals surface area contributed by atoms with Crippen molar-refractivity contribution in [2.75, 3.05) is 11.9 Å². The summed E-state index contributed by atoms with van der Waals surface area (Å²) in [6.45, 7) is 3.01. The first-order chi connectivity index (χ1) is 31.0. The number of hydrogen-bond donors (Lipinski definition) is 4. The molecular formula is C45H37BrF3N5O10S. The Morgan fingerprint density at radius 2 is 1.77 bits per heavy atom. The van der Waals surface area contributed by atoms with Gasteiger partial charge >= 0.3 is 21.6 Å². The maximum absolute atomic E-state index is 14.6. The van der Waals surface area contributed by atoms with Crippen LogP contribution in [0.5, 0.6) is 11.5 Å². The molecule has 0 radical (unpaired) electrons. The van der Waals surface area contributed by atoms with Crippen molar-refractivity contribution < 1.29 is 58.8 Å². The lowest BCUT2D eigenvalue weighted by atomic mass is 9.72. The number of anilines is 1. The van der Waals surface area contributed by atoms with Crippen LogP contribution in [0, 0.1) is 11.8 Å². The Hall–Kier alpha value is -6.67. The van der Waals surface area contributed by atoms with Crippen LogP contribution in [-0.4, -0.2) is 60.2 Å². The molecule has 2 amide bonds. The largest absolute Gasteiger partial charge is 0.534 e. The second-order valence-electron chi connectivity index (χ2n) is 16.1. The molecule has 15 nitrogen and oxygen atoms in total. The number of oxazole rings is 1. The van der Waals surface area contributed by atoms with E-state index in [1.54, 1.807) is 12.1 Å². The van der Waals surface area contributed by atoms with Crippen molar-refractivity contribution in [1.82, 2.24) is 20.6 Å². The number of carbonyl (C=O) groups is 4. The molecule has 2 unspecified atom stereocenters. The molecule has 0 fully saturated rings. The highest BCUT2D eigenvalue weighted by atomic mass is 79.9.